The number of hydrogen-bond acceptors (Lipinski definition) is 4. The zero-order valence-electron chi connectivity index (χ0n) is 11.3. The fourth-order valence-corrected chi connectivity index (χ4v) is 1.55. The van der Waals surface area contributed by atoms with Gasteiger partial charge in [-0.05, 0) is 17.9 Å². The van der Waals surface area contributed by atoms with Crippen molar-refractivity contribution in [3.8, 4) is 0 Å². The van der Waals surface area contributed by atoms with E-state index in [0.29, 0.717) is 6.54 Å². The van der Waals surface area contributed by atoms with Crippen molar-refractivity contribution in [3.05, 3.63) is 33.9 Å². The van der Waals surface area contributed by atoms with Crippen LogP contribution in [0.4, 0.5) is 11.4 Å². The number of nitrogens with one attached hydrogen (secondary N) is 1. The molecular weight excluding hydrogens is 248 g/mol. The molecule has 1 aromatic rings. The zero-order valence-corrected chi connectivity index (χ0v) is 11.3. The van der Waals surface area contributed by atoms with Gasteiger partial charge in [0.1, 0.15) is 0 Å². The van der Waals surface area contributed by atoms with Crippen LogP contribution in [-0.4, -0.2) is 22.5 Å². The third kappa shape index (κ3) is 4.57. The summed E-state index contributed by atoms with van der Waals surface area (Å²) in [5.41, 5.74) is 0.311. The van der Waals surface area contributed by atoms with Gasteiger partial charge >= 0.3 is 5.97 Å². The Morgan fingerprint density at radius 2 is 2.05 bits per heavy atom. The SMILES string of the molecule is CC(C)(C)CCNc1cc([N+](=O)[O-])ccc1C(=O)O. The molecule has 1 aromatic carbocycles. The lowest BCUT2D eigenvalue weighted by atomic mass is 9.92. The standard InChI is InChI=1S/C13H18N2O4/c1-13(2,3)6-7-14-11-8-9(15(18)19)4-5-10(11)12(16)17/h4-5,8,14H,6-7H2,1-3H3,(H,16,17). The Kier molecular flexibility index (Phi) is 4.47. The van der Waals surface area contributed by atoms with Crippen LogP contribution in [0.1, 0.15) is 37.6 Å². The Morgan fingerprint density at radius 1 is 1.42 bits per heavy atom. The third-order valence-electron chi connectivity index (χ3n) is 2.63. The Morgan fingerprint density at radius 3 is 2.53 bits per heavy atom. The summed E-state index contributed by atoms with van der Waals surface area (Å²) in [4.78, 5) is 21.2. The largest absolute Gasteiger partial charge is 0.478 e. The number of rotatable bonds is 5. The molecule has 6 nitrogen and oxygen atoms in total. The Balaban J connectivity index is 2.92. The predicted molar refractivity (Wildman–Crippen MR) is 72.6 cm³/mol. The first kappa shape index (κ1) is 14.9. The van der Waals surface area contributed by atoms with E-state index in [-0.39, 0.29) is 22.4 Å². The first-order valence-corrected chi connectivity index (χ1v) is 5.96. The van der Waals surface area contributed by atoms with Crippen molar-refractivity contribution < 1.29 is 14.8 Å². The van der Waals surface area contributed by atoms with Crippen LogP contribution in [-0.2, 0) is 0 Å². The fraction of sp³-hybridized carbons (Fsp3) is 0.462. The van der Waals surface area contributed by atoms with Gasteiger partial charge in [-0.2, -0.15) is 0 Å². The van der Waals surface area contributed by atoms with E-state index in [0.717, 1.165) is 6.42 Å². The predicted octanol–water partition coefficient (Wildman–Crippen LogP) is 3.14. The smallest absolute Gasteiger partial charge is 0.337 e. The highest BCUT2D eigenvalue weighted by Gasteiger charge is 2.16. The van der Waals surface area contributed by atoms with Crippen molar-refractivity contribution in [1.29, 1.82) is 0 Å². The van der Waals surface area contributed by atoms with Crippen LogP contribution >= 0.6 is 0 Å². The highest BCUT2D eigenvalue weighted by Crippen LogP contribution is 2.24. The van der Waals surface area contributed by atoms with E-state index in [9.17, 15) is 14.9 Å². The van der Waals surface area contributed by atoms with Crippen molar-refractivity contribution in [2.45, 2.75) is 27.2 Å². The topological polar surface area (TPSA) is 92.5 Å². The van der Waals surface area contributed by atoms with E-state index in [1.54, 1.807) is 0 Å². The normalized spacial score (nSPS) is 11.1. The number of carbonyl (C=O) groups is 1. The monoisotopic (exact) mass is 266 g/mol. The van der Waals surface area contributed by atoms with Gasteiger partial charge in [0.25, 0.3) is 5.69 Å². The first-order chi connectivity index (χ1) is 8.70. The van der Waals surface area contributed by atoms with E-state index in [1.807, 2.05) is 0 Å². The maximum atomic E-state index is 11.1. The summed E-state index contributed by atoms with van der Waals surface area (Å²) in [6.45, 7) is 6.77. The molecule has 0 aliphatic heterocycles. The molecule has 104 valence electrons. The Hall–Kier alpha value is -2.11. The molecule has 2 N–H and O–H groups in total. The molecule has 0 fully saturated rings. The maximum Gasteiger partial charge on any atom is 0.337 e. The molecule has 0 spiro atoms. The van der Waals surface area contributed by atoms with Gasteiger partial charge < -0.3 is 10.4 Å². The van der Waals surface area contributed by atoms with Crippen LogP contribution in [0.2, 0.25) is 0 Å². The van der Waals surface area contributed by atoms with Gasteiger partial charge in [0.15, 0.2) is 0 Å². The van der Waals surface area contributed by atoms with Gasteiger partial charge in [0.2, 0.25) is 0 Å². The highest BCUT2D eigenvalue weighted by atomic mass is 16.6. The Bertz CT molecular complexity index is 492. The van der Waals surface area contributed by atoms with Gasteiger partial charge in [0.05, 0.1) is 16.2 Å². The molecule has 6 heteroatoms. The molecule has 0 unspecified atom stereocenters. The van der Waals surface area contributed by atoms with E-state index in [1.165, 1.54) is 18.2 Å². The average Bonchev–Trinajstić information content (AvgIpc) is 2.26. The molecule has 0 aromatic heterocycles. The molecular formula is C13H18N2O4. The first-order valence-electron chi connectivity index (χ1n) is 5.96. The summed E-state index contributed by atoms with van der Waals surface area (Å²) in [5, 5.41) is 22.7. The van der Waals surface area contributed by atoms with Crippen LogP contribution in [0.15, 0.2) is 18.2 Å². The summed E-state index contributed by atoms with van der Waals surface area (Å²) in [6.07, 6.45) is 0.828. The number of anilines is 1. The highest BCUT2D eigenvalue weighted by molar-refractivity contribution is 5.94. The van der Waals surface area contributed by atoms with Crippen molar-refractivity contribution in [2.75, 3.05) is 11.9 Å². The van der Waals surface area contributed by atoms with Gasteiger partial charge in [0, 0.05) is 18.7 Å². The van der Waals surface area contributed by atoms with Crippen molar-refractivity contribution in [1.82, 2.24) is 0 Å². The number of nitro groups is 1. The minimum atomic E-state index is -1.10. The summed E-state index contributed by atoms with van der Waals surface area (Å²) >= 11 is 0. The molecule has 0 atom stereocenters. The second-order valence-corrected chi connectivity index (χ2v) is 5.53. The van der Waals surface area contributed by atoms with E-state index < -0.39 is 10.9 Å². The molecule has 0 radical (unpaired) electrons. The van der Waals surface area contributed by atoms with Crippen LogP contribution in [0.25, 0.3) is 0 Å². The molecule has 0 aliphatic rings. The minimum absolute atomic E-state index is 0.0412. The quantitative estimate of drug-likeness (QED) is 0.630. The van der Waals surface area contributed by atoms with Crippen molar-refractivity contribution in [2.24, 2.45) is 5.41 Å². The second-order valence-electron chi connectivity index (χ2n) is 5.53. The van der Waals surface area contributed by atoms with Crippen LogP contribution in [0.5, 0.6) is 0 Å². The number of benzene rings is 1. The Labute approximate surface area is 111 Å². The number of carboxylic acid groups (broad SMARTS) is 1. The summed E-state index contributed by atoms with van der Waals surface area (Å²) < 4.78 is 0. The molecule has 0 saturated carbocycles. The molecule has 0 bridgehead atoms. The van der Waals surface area contributed by atoms with Gasteiger partial charge in [-0.3, -0.25) is 10.1 Å². The van der Waals surface area contributed by atoms with E-state index in [2.05, 4.69) is 26.1 Å². The number of nitro benzene ring substituents is 1. The summed E-state index contributed by atoms with van der Waals surface area (Å²) in [7, 11) is 0. The lowest BCUT2D eigenvalue weighted by molar-refractivity contribution is -0.384. The molecule has 0 saturated heterocycles. The number of nitrogens with zero attached hydrogens (tertiary/aromatic N) is 1. The third-order valence-corrected chi connectivity index (χ3v) is 2.63. The number of non-ortho nitro benzene ring substituents is 1. The van der Waals surface area contributed by atoms with E-state index >= 15 is 0 Å². The second kappa shape index (κ2) is 5.69. The lowest BCUT2D eigenvalue weighted by Crippen LogP contribution is -2.14. The molecule has 1 rings (SSSR count). The van der Waals surface area contributed by atoms with Gasteiger partial charge in [-0.1, -0.05) is 20.8 Å². The number of carboxylic acids is 1. The van der Waals surface area contributed by atoms with Crippen LogP contribution < -0.4 is 5.32 Å². The molecule has 0 heterocycles. The summed E-state index contributed by atoms with van der Waals surface area (Å²) in [6, 6.07) is 3.70. The maximum absolute atomic E-state index is 11.1. The zero-order chi connectivity index (χ0) is 14.6. The summed E-state index contributed by atoms with van der Waals surface area (Å²) in [5.74, 6) is -1.10. The van der Waals surface area contributed by atoms with Crippen LogP contribution in [0.3, 0.4) is 0 Å². The van der Waals surface area contributed by atoms with Crippen molar-refractivity contribution in [3.63, 3.8) is 0 Å². The van der Waals surface area contributed by atoms with Gasteiger partial charge in [-0.25, -0.2) is 4.79 Å². The minimum Gasteiger partial charge on any atom is -0.478 e. The van der Waals surface area contributed by atoms with Gasteiger partial charge in [-0.15, -0.1) is 0 Å². The van der Waals surface area contributed by atoms with Crippen LogP contribution in [0, 0.1) is 15.5 Å². The lowest BCUT2D eigenvalue weighted by Gasteiger charge is -2.19. The average molecular weight is 266 g/mol. The number of aromatic carboxylic acids is 1. The molecule has 0 aliphatic carbocycles. The fourth-order valence-electron chi connectivity index (χ4n) is 1.55. The van der Waals surface area contributed by atoms with Crippen molar-refractivity contribution >= 4 is 17.3 Å². The van der Waals surface area contributed by atoms with E-state index in [4.69, 9.17) is 5.11 Å². The number of hydrogen-bond donors (Lipinski definition) is 2. The molecule has 0 amide bonds. The molecule has 19 heavy (non-hydrogen) atoms.